The molecule has 0 radical (unpaired) electrons. The molecule has 5 nitrogen and oxygen atoms in total. The average Bonchev–Trinajstić information content (AvgIpc) is 2.43. The molecule has 1 amide bonds. The highest BCUT2D eigenvalue weighted by Crippen LogP contribution is 2.21. The van der Waals surface area contributed by atoms with Crippen molar-refractivity contribution >= 4 is 6.09 Å². The monoisotopic (exact) mass is 302 g/mol. The fourth-order valence-corrected chi connectivity index (χ4v) is 2.18. The second kappa shape index (κ2) is 7.51. The molecule has 0 aliphatic rings. The summed E-state index contributed by atoms with van der Waals surface area (Å²) in [6.45, 7) is 9.33. The summed E-state index contributed by atoms with van der Waals surface area (Å²) in [5.41, 5.74) is 0.243. The Labute approximate surface area is 131 Å². The van der Waals surface area contributed by atoms with Gasteiger partial charge in [-0.2, -0.15) is 5.26 Å². The first-order chi connectivity index (χ1) is 10.3. The molecule has 5 heteroatoms. The van der Waals surface area contributed by atoms with Crippen molar-refractivity contribution in [2.24, 2.45) is 0 Å². The molecule has 1 aromatic carbocycles. The summed E-state index contributed by atoms with van der Waals surface area (Å²) < 4.78 is 5.39. The van der Waals surface area contributed by atoms with Crippen LogP contribution in [0.4, 0.5) is 4.79 Å². The highest BCUT2D eigenvalue weighted by Gasteiger charge is 2.33. The number of hydrogen-bond donors (Lipinski definition) is 1. The molecule has 1 atom stereocenters. The van der Waals surface area contributed by atoms with Crippen LogP contribution in [0.15, 0.2) is 36.9 Å². The number of nitrogens with zero attached hydrogens (tertiary/aromatic N) is 2. The van der Waals surface area contributed by atoms with Crippen LogP contribution in [0.1, 0.15) is 26.3 Å². The zero-order valence-corrected chi connectivity index (χ0v) is 13.2. The fourth-order valence-electron chi connectivity index (χ4n) is 2.18. The molecule has 22 heavy (non-hydrogen) atoms. The average molecular weight is 302 g/mol. The van der Waals surface area contributed by atoms with Crippen LogP contribution in [0, 0.1) is 11.3 Å². The van der Waals surface area contributed by atoms with Crippen LogP contribution in [0.25, 0.3) is 0 Å². The number of benzene rings is 1. The molecule has 0 fully saturated rings. The Kier molecular flexibility index (Phi) is 6.00. The lowest BCUT2D eigenvalue weighted by Crippen LogP contribution is -2.51. The molecule has 1 N–H and O–H groups in total. The minimum absolute atomic E-state index is 0.335. The van der Waals surface area contributed by atoms with E-state index in [0.29, 0.717) is 18.8 Å². The summed E-state index contributed by atoms with van der Waals surface area (Å²) >= 11 is 0. The van der Waals surface area contributed by atoms with Gasteiger partial charge in [0.1, 0.15) is 18.4 Å². The Morgan fingerprint density at radius 3 is 2.45 bits per heavy atom. The van der Waals surface area contributed by atoms with E-state index in [2.05, 4.69) is 12.6 Å². The van der Waals surface area contributed by atoms with Gasteiger partial charge in [-0.1, -0.05) is 24.8 Å². The van der Waals surface area contributed by atoms with E-state index in [9.17, 15) is 15.2 Å². The Morgan fingerprint density at radius 1 is 1.45 bits per heavy atom. The van der Waals surface area contributed by atoms with Crippen LogP contribution in [0.3, 0.4) is 0 Å². The minimum atomic E-state index is -1.09. The number of amides is 1. The predicted octanol–water partition coefficient (Wildman–Crippen LogP) is 3.46. The van der Waals surface area contributed by atoms with Gasteiger partial charge in [0.25, 0.3) is 0 Å². The third-order valence-electron chi connectivity index (χ3n) is 3.11. The molecular weight excluding hydrogens is 280 g/mol. The predicted molar refractivity (Wildman–Crippen MR) is 84.9 cm³/mol. The van der Waals surface area contributed by atoms with Crippen molar-refractivity contribution in [2.75, 3.05) is 6.61 Å². The Bertz CT molecular complexity index is 553. The van der Waals surface area contributed by atoms with Gasteiger partial charge >= 0.3 is 6.09 Å². The second-order valence-corrected chi connectivity index (χ2v) is 5.92. The Balaban J connectivity index is 2.87. The van der Waals surface area contributed by atoms with Crippen molar-refractivity contribution in [3.05, 3.63) is 42.5 Å². The van der Waals surface area contributed by atoms with Crippen molar-refractivity contribution in [2.45, 2.75) is 38.8 Å². The molecule has 1 rings (SSSR count). The van der Waals surface area contributed by atoms with Crippen molar-refractivity contribution < 1.29 is 14.6 Å². The summed E-state index contributed by atoms with van der Waals surface area (Å²) in [5.74, 6) is 0.711. The number of carboxylic acid groups (broad SMARTS) is 1. The van der Waals surface area contributed by atoms with E-state index in [-0.39, 0.29) is 0 Å². The lowest BCUT2D eigenvalue weighted by Gasteiger charge is -2.36. The second-order valence-electron chi connectivity index (χ2n) is 5.92. The molecule has 1 aromatic rings. The van der Waals surface area contributed by atoms with Gasteiger partial charge in [0.05, 0.1) is 6.07 Å². The van der Waals surface area contributed by atoms with E-state index in [4.69, 9.17) is 4.74 Å². The Morgan fingerprint density at radius 2 is 2.05 bits per heavy atom. The molecule has 0 aliphatic carbocycles. The summed E-state index contributed by atoms with van der Waals surface area (Å²) in [4.78, 5) is 12.6. The molecule has 0 unspecified atom stereocenters. The van der Waals surface area contributed by atoms with E-state index >= 15 is 0 Å². The lowest BCUT2D eigenvalue weighted by atomic mass is 9.99. The molecule has 118 valence electrons. The van der Waals surface area contributed by atoms with Crippen LogP contribution < -0.4 is 4.74 Å². The summed E-state index contributed by atoms with van der Waals surface area (Å²) in [7, 11) is 0. The van der Waals surface area contributed by atoms with Crippen molar-refractivity contribution in [1.82, 2.24) is 4.90 Å². The molecular formula is C17H22N2O3. The first-order valence-electron chi connectivity index (χ1n) is 7.04. The molecule has 0 bridgehead atoms. The number of rotatable bonds is 6. The van der Waals surface area contributed by atoms with E-state index < -0.39 is 17.7 Å². The van der Waals surface area contributed by atoms with Crippen molar-refractivity contribution in [3.8, 4) is 11.8 Å². The summed E-state index contributed by atoms with van der Waals surface area (Å²) in [5, 5.41) is 18.7. The van der Waals surface area contributed by atoms with Crippen LogP contribution in [-0.2, 0) is 6.42 Å². The van der Waals surface area contributed by atoms with E-state index in [1.54, 1.807) is 39.0 Å². The van der Waals surface area contributed by atoms with Gasteiger partial charge in [0.15, 0.2) is 0 Å². The lowest BCUT2D eigenvalue weighted by molar-refractivity contribution is 0.0850. The van der Waals surface area contributed by atoms with Crippen LogP contribution in [0.2, 0.25) is 0 Å². The zero-order chi connectivity index (χ0) is 16.8. The maximum atomic E-state index is 11.5. The molecule has 0 aliphatic heterocycles. The number of ether oxygens (including phenoxy) is 1. The molecule has 0 aromatic heterocycles. The van der Waals surface area contributed by atoms with Gasteiger partial charge in [0, 0.05) is 12.0 Å². The van der Waals surface area contributed by atoms with Gasteiger partial charge < -0.3 is 9.84 Å². The van der Waals surface area contributed by atoms with Gasteiger partial charge in [-0.3, -0.25) is 4.90 Å². The highest BCUT2D eigenvalue weighted by molar-refractivity contribution is 5.67. The van der Waals surface area contributed by atoms with Gasteiger partial charge in [0.2, 0.25) is 0 Å². The SMILES string of the molecule is C=CCOc1ccc(C[C@@H](C#N)N(C(=O)O)C(C)(C)C)cc1. The fraction of sp³-hybridized carbons (Fsp3) is 0.412. The van der Waals surface area contributed by atoms with Crippen LogP contribution in [0.5, 0.6) is 5.75 Å². The van der Waals surface area contributed by atoms with Crippen LogP contribution in [-0.4, -0.2) is 34.3 Å². The third kappa shape index (κ3) is 4.81. The molecule has 0 saturated heterocycles. The molecule has 0 saturated carbocycles. The Hall–Kier alpha value is -2.48. The summed E-state index contributed by atoms with van der Waals surface area (Å²) in [6.07, 6.45) is 0.903. The van der Waals surface area contributed by atoms with Crippen molar-refractivity contribution in [1.29, 1.82) is 5.26 Å². The van der Waals surface area contributed by atoms with Gasteiger partial charge in [-0.05, 0) is 38.5 Å². The molecule has 0 heterocycles. The number of carbonyl (C=O) groups is 1. The topological polar surface area (TPSA) is 73.6 Å². The zero-order valence-electron chi connectivity index (χ0n) is 13.2. The maximum absolute atomic E-state index is 11.5. The maximum Gasteiger partial charge on any atom is 0.408 e. The van der Waals surface area contributed by atoms with Gasteiger partial charge in [-0.15, -0.1) is 0 Å². The first-order valence-corrected chi connectivity index (χ1v) is 7.04. The molecule has 0 spiro atoms. The minimum Gasteiger partial charge on any atom is -0.490 e. The van der Waals surface area contributed by atoms with E-state index in [1.807, 2.05) is 12.1 Å². The van der Waals surface area contributed by atoms with E-state index in [1.165, 1.54) is 4.90 Å². The smallest absolute Gasteiger partial charge is 0.408 e. The third-order valence-corrected chi connectivity index (χ3v) is 3.11. The number of nitriles is 1. The highest BCUT2D eigenvalue weighted by atomic mass is 16.5. The van der Waals surface area contributed by atoms with Crippen LogP contribution >= 0.6 is 0 Å². The number of hydrogen-bond acceptors (Lipinski definition) is 3. The van der Waals surface area contributed by atoms with E-state index in [0.717, 1.165) is 5.56 Å². The largest absolute Gasteiger partial charge is 0.490 e. The summed E-state index contributed by atoms with van der Waals surface area (Å²) in [6, 6.07) is 8.63. The normalized spacial score (nSPS) is 12.1. The first kappa shape index (κ1) is 17.6. The standard InChI is InChI=1S/C17H22N2O3/c1-5-10-22-15-8-6-13(7-9-15)11-14(12-18)19(16(20)21)17(2,3)4/h5-9,14H,1,10-11H2,2-4H3,(H,20,21)/t14-/m0/s1. The van der Waals surface area contributed by atoms with Gasteiger partial charge in [-0.25, -0.2) is 4.79 Å². The quantitative estimate of drug-likeness (QED) is 0.817. The van der Waals surface area contributed by atoms with Crippen molar-refractivity contribution in [3.63, 3.8) is 0 Å².